The molecule has 1 atom stereocenters. The largest absolute Gasteiger partial charge is 0.466 e. The lowest BCUT2D eigenvalue weighted by Crippen LogP contribution is -2.08. The Morgan fingerprint density at radius 3 is 2.67 bits per heavy atom. The van der Waals surface area contributed by atoms with Crippen LogP contribution in [0, 0.1) is 0 Å². The molecule has 0 rings (SSSR count). The first-order valence-electron chi connectivity index (χ1n) is 2.96. The average Bonchev–Trinajstić information content (AvgIpc) is 1.63. The first-order valence-corrected chi connectivity index (χ1v) is 3.40. The molecule has 0 saturated carbocycles. The van der Waals surface area contributed by atoms with E-state index in [4.69, 9.17) is 11.6 Å². The third-order valence-corrected chi connectivity index (χ3v) is 0.908. The second kappa shape index (κ2) is 4.62. The molecule has 0 aliphatic heterocycles. The Labute approximate surface area is 60.1 Å². The van der Waals surface area contributed by atoms with Crippen LogP contribution in [0.5, 0.6) is 0 Å². The van der Waals surface area contributed by atoms with Gasteiger partial charge in [-0.25, -0.2) is 0 Å². The smallest absolute Gasteiger partial charge is 0.307 e. The molecular formula is C6H11ClO2. The molecule has 0 aliphatic rings. The third kappa shape index (κ3) is 5.63. The molecule has 0 N–H and O–H groups in total. The summed E-state index contributed by atoms with van der Waals surface area (Å²) in [5.74, 6) is -0.222. The van der Waals surface area contributed by atoms with Gasteiger partial charge in [0.1, 0.15) is 0 Å². The second-order valence-corrected chi connectivity index (χ2v) is 2.53. The molecule has 0 heterocycles. The van der Waals surface area contributed by atoms with E-state index in [1.807, 2.05) is 0 Å². The highest BCUT2D eigenvalue weighted by Gasteiger charge is 2.04. The number of hydrogen-bond acceptors (Lipinski definition) is 2. The number of rotatable bonds is 3. The Balaban J connectivity index is 3.27. The van der Waals surface area contributed by atoms with E-state index in [-0.39, 0.29) is 11.3 Å². The summed E-state index contributed by atoms with van der Waals surface area (Å²) >= 11 is 5.51. The van der Waals surface area contributed by atoms with Crippen molar-refractivity contribution >= 4 is 17.6 Å². The zero-order valence-corrected chi connectivity index (χ0v) is 6.44. The van der Waals surface area contributed by atoms with Gasteiger partial charge in [-0.05, 0) is 13.8 Å². The van der Waals surface area contributed by atoms with Crippen LogP contribution in [0.3, 0.4) is 0 Å². The van der Waals surface area contributed by atoms with E-state index in [0.29, 0.717) is 13.0 Å². The Hall–Kier alpha value is -0.240. The van der Waals surface area contributed by atoms with E-state index in [1.165, 1.54) is 0 Å². The van der Waals surface area contributed by atoms with E-state index in [0.717, 1.165) is 0 Å². The molecule has 2 nitrogen and oxygen atoms in total. The summed E-state index contributed by atoms with van der Waals surface area (Å²) in [6, 6.07) is 0. The molecule has 0 unspecified atom stereocenters. The number of ether oxygens (including phenoxy) is 1. The van der Waals surface area contributed by atoms with Crippen LogP contribution in [0.15, 0.2) is 0 Å². The monoisotopic (exact) mass is 150 g/mol. The van der Waals surface area contributed by atoms with Gasteiger partial charge in [0.05, 0.1) is 13.0 Å². The van der Waals surface area contributed by atoms with Crippen molar-refractivity contribution in [1.82, 2.24) is 0 Å². The molecule has 0 aromatic rings. The van der Waals surface area contributed by atoms with Gasteiger partial charge in [-0.2, -0.15) is 0 Å². The van der Waals surface area contributed by atoms with E-state index in [2.05, 4.69) is 4.74 Å². The molecule has 54 valence electrons. The first-order chi connectivity index (χ1) is 4.16. The minimum Gasteiger partial charge on any atom is -0.466 e. The average molecular weight is 151 g/mol. The minimum atomic E-state index is -0.222. The van der Waals surface area contributed by atoms with Crippen molar-refractivity contribution in [2.24, 2.45) is 0 Å². The number of alkyl halides is 1. The normalized spacial score (nSPS) is 12.8. The topological polar surface area (TPSA) is 26.3 Å². The van der Waals surface area contributed by atoms with Crippen LogP contribution in [0.1, 0.15) is 20.3 Å². The van der Waals surface area contributed by atoms with Gasteiger partial charge < -0.3 is 4.74 Å². The highest BCUT2D eigenvalue weighted by molar-refractivity contribution is 6.21. The molecule has 0 bridgehead atoms. The summed E-state index contributed by atoms with van der Waals surface area (Å²) in [6.07, 6.45) is 0.301. The second-order valence-electron chi connectivity index (χ2n) is 1.79. The van der Waals surface area contributed by atoms with Crippen LogP contribution in [0.25, 0.3) is 0 Å². The van der Waals surface area contributed by atoms with E-state index >= 15 is 0 Å². The van der Waals surface area contributed by atoms with Gasteiger partial charge in [-0.3, -0.25) is 4.79 Å². The maximum Gasteiger partial charge on any atom is 0.307 e. The van der Waals surface area contributed by atoms with Crippen LogP contribution < -0.4 is 0 Å². The van der Waals surface area contributed by atoms with Crippen molar-refractivity contribution in [3.05, 3.63) is 0 Å². The molecule has 0 aromatic heterocycles. The van der Waals surface area contributed by atoms with Gasteiger partial charge in [0, 0.05) is 5.38 Å². The predicted molar refractivity (Wildman–Crippen MR) is 36.6 cm³/mol. The van der Waals surface area contributed by atoms with E-state index in [1.54, 1.807) is 13.8 Å². The zero-order chi connectivity index (χ0) is 7.28. The van der Waals surface area contributed by atoms with Gasteiger partial charge in [-0.1, -0.05) is 0 Å². The van der Waals surface area contributed by atoms with Crippen molar-refractivity contribution in [3.8, 4) is 0 Å². The Bertz CT molecular complexity index is 91.1. The van der Waals surface area contributed by atoms with Gasteiger partial charge >= 0.3 is 5.97 Å². The third-order valence-electron chi connectivity index (χ3n) is 0.753. The standard InChI is InChI=1S/C6H11ClO2/c1-3-9-6(8)4-5(2)7/h5H,3-4H2,1-2H3/t5-/m0/s1. The lowest BCUT2D eigenvalue weighted by molar-refractivity contribution is -0.143. The molecule has 3 heteroatoms. The predicted octanol–water partition coefficient (Wildman–Crippen LogP) is 1.57. The Kier molecular flexibility index (Phi) is 4.50. The van der Waals surface area contributed by atoms with Gasteiger partial charge in [0.2, 0.25) is 0 Å². The Morgan fingerprint density at radius 1 is 1.78 bits per heavy atom. The number of halogens is 1. The van der Waals surface area contributed by atoms with Gasteiger partial charge in [0.25, 0.3) is 0 Å². The molecule has 0 aliphatic carbocycles. The lowest BCUT2D eigenvalue weighted by Gasteiger charge is -2.01. The van der Waals surface area contributed by atoms with Crippen LogP contribution >= 0.6 is 11.6 Å². The molecule has 0 spiro atoms. The van der Waals surface area contributed by atoms with E-state index in [9.17, 15) is 4.79 Å². The summed E-state index contributed by atoms with van der Waals surface area (Å²) in [6.45, 7) is 3.97. The molecule has 0 radical (unpaired) electrons. The fraction of sp³-hybridized carbons (Fsp3) is 0.833. The highest BCUT2D eigenvalue weighted by Crippen LogP contribution is 2.00. The summed E-state index contributed by atoms with van der Waals surface area (Å²) in [7, 11) is 0. The van der Waals surface area contributed by atoms with Crippen molar-refractivity contribution in [2.75, 3.05) is 6.61 Å². The van der Waals surface area contributed by atoms with Crippen LogP contribution in [0.4, 0.5) is 0 Å². The van der Waals surface area contributed by atoms with Gasteiger partial charge in [0.15, 0.2) is 0 Å². The number of hydrogen-bond donors (Lipinski definition) is 0. The molecule has 0 aromatic carbocycles. The van der Waals surface area contributed by atoms with Crippen LogP contribution in [-0.2, 0) is 9.53 Å². The van der Waals surface area contributed by atoms with Crippen molar-refractivity contribution < 1.29 is 9.53 Å². The van der Waals surface area contributed by atoms with Crippen molar-refractivity contribution in [3.63, 3.8) is 0 Å². The summed E-state index contributed by atoms with van der Waals surface area (Å²) in [5.41, 5.74) is 0. The van der Waals surface area contributed by atoms with Crippen LogP contribution in [0.2, 0.25) is 0 Å². The number of esters is 1. The molecular weight excluding hydrogens is 140 g/mol. The minimum absolute atomic E-state index is 0.121. The number of carbonyl (C=O) groups excluding carboxylic acids is 1. The van der Waals surface area contributed by atoms with Crippen molar-refractivity contribution in [1.29, 1.82) is 0 Å². The maximum absolute atomic E-state index is 10.5. The van der Waals surface area contributed by atoms with Crippen LogP contribution in [-0.4, -0.2) is 18.0 Å². The number of carbonyl (C=O) groups is 1. The molecule has 9 heavy (non-hydrogen) atoms. The SMILES string of the molecule is CCOC(=O)C[C@H](C)Cl. The summed E-state index contributed by atoms with van der Waals surface area (Å²) in [5, 5.41) is -0.121. The van der Waals surface area contributed by atoms with Crippen molar-refractivity contribution in [2.45, 2.75) is 25.6 Å². The maximum atomic E-state index is 10.5. The zero-order valence-electron chi connectivity index (χ0n) is 5.69. The lowest BCUT2D eigenvalue weighted by atomic mass is 10.3. The highest BCUT2D eigenvalue weighted by atomic mass is 35.5. The molecule has 0 fully saturated rings. The van der Waals surface area contributed by atoms with E-state index < -0.39 is 0 Å². The first kappa shape index (κ1) is 8.76. The Morgan fingerprint density at radius 2 is 2.33 bits per heavy atom. The fourth-order valence-electron chi connectivity index (χ4n) is 0.450. The fourth-order valence-corrected chi connectivity index (χ4v) is 0.576. The quantitative estimate of drug-likeness (QED) is 0.451. The molecule has 0 amide bonds. The van der Waals surface area contributed by atoms with Gasteiger partial charge in [-0.15, -0.1) is 11.6 Å². The molecule has 0 saturated heterocycles. The summed E-state index contributed by atoms with van der Waals surface area (Å²) < 4.78 is 4.63. The summed E-state index contributed by atoms with van der Waals surface area (Å²) in [4.78, 5) is 10.5.